The largest absolute Gasteiger partial charge is 0.346 e. The lowest BCUT2D eigenvalue weighted by Crippen LogP contribution is -2.33. The molecule has 2 aliphatic rings. The summed E-state index contributed by atoms with van der Waals surface area (Å²) in [5.41, 5.74) is 0. The molecule has 2 rings (SSSR count). The highest BCUT2D eigenvalue weighted by Crippen LogP contribution is 2.55. The molecule has 5 heteroatoms. The van der Waals surface area contributed by atoms with Crippen LogP contribution < -0.4 is 5.32 Å². The standard InChI is InChI=1S/C10H20NO3P/c1-13-15(12,14-2)10-7-8-5-3-4-6-9(8)11-10/h8-11H,3-7H2,1-2H3/t8-,9-,10-/m1/s1. The number of fused-ring (bicyclic) bond motifs is 1. The Labute approximate surface area is 91.3 Å². The van der Waals surface area contributed by atoms with Crippen LogP contribution >= 0.6 is 7.60 Å². The topological polar surface area (TPSA) is 47.6 Å². The number of hydrogen-bond donors (Lipinski definition) is 1. The van der Waals surface area contributed by atoms with Gasteiger partial charge in [-0.3, -0.25) is 4.57 Å². The molecule has 88 valence electrons. The molecule has 2 fully saturated rings. The third-order valence-corrected chi connectivity index (χ3v) is 5.87. The second-order valence-corrected chi connectivity index (χ2v) is 6.91. The first-order valence-corrected chi connectivity index (χ1v) is 7.28. The smallest absolute Gasteiger partial charge is 0.311 e. The maximum atomic E-state index is 12.2. The Hall–Kier alpha value is 0.110. The van der Waals surface area contributed by atoms with E-state index >= 15 is 0 Å². The molecular weight excluding hydrogens is 213 g/mol. The molecule has 0 unspecified atom stereocenters. The summed E-state index contributed by atoms with van der Waals surface area (Å²) in [5, 5.41) is 3.42. The van der Waals surface area contributed by atoms with Crippen LogP contribution in [0.25, 0.3) is 0 Å². The van der Waals surface area contributed by atoms with E-state index in [0.717, 1.165) is 6.42 Å². The predicted molar refractivity (Wildman–Crippen MR) is 58.9 cm³/mol. The van der Waals surface area contributed by atoms with Gasteiger partial charge in [0.15, 0.2) is 0 Å². The van der Waals surface area contributed by atoms with Crippen LogP contribution in [0.3, 0.4) is 0 Å². The van der Waals surface area contributed by atoms with Crippen LogP contribution in [0.1, 0.15) is 32.1 Å². The summed E-state index contributed by atoms with van der Waals surface area (Å²) in [6.07, 6.45) is 5.98. The first kappa shape index (κ1) is 11.6. The third-order valence-electron chi connectivity index (χ3n) is 3.73. The van der Waals surface area contributed by atoms with Crippen LogP contribution in [0.5, 0.6) is 0 Å². The fourth-order valence-corrected chi connectivity index (χ4v) is 4.42. The van der Waals surface area contributed by atoms with Gasteiger partial charge in [-0.25, -0.2) is 0 Å². The summed E-state index contributed by atoms with van der Waals surface area (Å²) in [4.78, 5) is 0. The lowest BCUT2D eigenvalue weighted by atomic mass is 9.86. The zero-order valence-electron chi connectivity index (χ0n) is 9.44. The molecule has 0 bridgehead atoms. The van der Waals surface area contributed by atoms with Gasteiger partial charge in [0.05, 0.1) is 0 Å². The van der Waals surface area contributed by atoms with Crippen LogP contribution in [-0.4, -0.2) is 26.0 Å². The molecule has 1 heterocycles. The van der Waals surface area contributed by atoms with Crippen molar-refractivity contribution in [2.24, 2.45) is 5.92 Å². The Morgan fingerprint density at radius 1 is 1.20 bits per heavy atom. The van der Waals surface area contributed by atoms with E-state index in [9.17, 15) is 4.57 Å². The molecule has 1 N–H and O–H groups in total. The van der Waals surface area contributed by atoms with Gasteiger partial charge in [0.25, 0.3) is 0 Å². The van der Waals surface area contributed by atoms with Crippen molar-refractivity contribution >= 4 is 7.60 Å². The van der Waals surface area contributed by atoms with Crippen molar-refractivity contribution in [2.75, 3.05) is 14.2 Å². The maximum absolute atomic E-state index is 12.2. The van der Waals surface area contributed by atoms with Gasteiger partial charge in [-0.1, -0.05) is 12.8 Å². The van der Waals surface area contributed by atoms with Crippen molar-refractivity contribution in [1.82, 2.24) is 5.32 Å². The first-order valence-electron chi connectivity index (χ1n) is 5.67. The first-order chi connectivity index (χ1) is 7.19. The van der Waals surface area contributed by atoms with Crippen LogP contribution in [0, 0.1) is 5.92 Å². The average molecular weight is 233 g/mol. The normalized spacial score (nSPS) is 36.5. The Balaban J connectivity index is 2.04. The monoisotopic (exact) mass is 233 g/mol. The second kappa shape index (κ2) is 4.54. The highest BCUT2D eigenvalue weighted by Gasteiger charge is 2.44. The van der Waals surface area contributed by atoms with E-state index in [4.69, 9.17) is 9.05 Å². The van der Waals surface area contributed by atoms with Gasteiger partial charge >= 0.3 is 7.60 Å². The molecule has 0 aromatic carbocycles. The van der Waals surface area contributed by atoms with E-state index < -0.39 is 7.60 Å². The van der Waals surface area contributed by atoms with Gasteiger partial charge in [0.2, 0.25) is 0 Å². The number of rotatable bonds is 3. The summed E-state index contributed by atoms with van der Waals surface area (Å²) >= 11 is 0. The van der Waals surface area contributed by atoms with Gasteiger partial charge in [-0.2, -0.15) is 0 Å². The van der Waals surface area contributed by atoms with E-state index in [1.54, 1.807) is 0 Å². The Morgan fingerprint density at radius 2 is 1.87 bits per heavy atom. The van der Waals surface area contributed by atoms with Gasteiger partial charge < -0.3 is 14.4 Å². The Kier molecular flexibility index (Phi) is 3.51. The zero-order chi connectivity index (χ0) is 10.9. The number of nitrogens with one attached hydrogen (secondary N) is 1. The fraction of sp³-hybridized carbons (Fsp3) is 1.00. The Morgan fingerprint density at radius 3 is 2.47 bits per heavy atom. The third kappa shape index (κ3) is 2.14. The van der Waals surface area contributed by atoms with Crippen LogP contribution in [-0.2, 0) is 13.6 Å². The van der Waals surface area contributed by atoms with Crippen molar-refractivity contribution in [2.45, 2.75) is 43.9 Å². The van der Waals surface area contributed by atoms with E-state index in [1.807, 2.05) is 0 Å². The van der Waals surface area contributed by atoms with Crippen molar-refractivity contribution in [3.05, 3.63) is 0 Å². The average Bonchev–Trinajstić information content (AvgIpc) is 2.72. The molecule has 1 aliphatic heterocycles. The van der Waals surface area contributed by atoms with Crippen LogP contribution in [0.2, 0.25) is 0 Å². The summed E-state index contributed by atoms with van der Waals surface area (Å²) in [5.74, 6) is 0.572. The number of hydrogen-bond acceptors (Lipinski definition) is 4. The molecule has 4 nitrogen and oxygen atoms in total. The van der Waals surface area contributed by atoms with E-state index in [1.165, 1.54) is 39.9 Å². The minimum Gasteiger partial charge on any atom is -0.311 e. The van der Waals surface area contributed by atoms with Crippen molar-refractivity contribution in [3.63, 3.8) is 0 Å². The molecular formula is C10H20NO3P. The lowest BCUT2D eigenvalue weighted by molar-refractivity contribution is 0.261. The quantitative estimate of drug-likeness (QED) is 0.760. The minimum atomic E-state index is -2.91. The molecule has 3 atom stereocenters. The molecule has 0 radical (unpaired) electrons. The van der Waals surface area contributed by atoms with Gasteiger partial charge in [-0.05, 0) is 25.2 Å². The molecule has 0 aromatic heterocycles. The fourth-order valence-electron chi connectivity index (χ4n) is 2.86. The SMILES string of the molecule is COP(=O)(OC)[C@@H]1C[C@H]2CCCC[C@H]2N1. The van der Waals surface area contributed by atoms with E-state index in [2.05, 4.69) is 5.32 Å². The summed E-state index contributed by atoms with van der Waals surface area (Å²) < 4.78 is 22.3. The predicted octanol–water partition coefficient (Wildman–Crippen LogP) is 2.35. The second-order valence-electron chi connectivity index (χ2n) is 4.47. The maximum Gasteiger partial charge on any atom is 0.346 e. The molecule has 0 aromatic rings. The minimum absolute atomic E-state index is 0.0967. The molecule has 0 spiro atoms. The highest BCUT2D eigenvalue weighted by molar-refractivity contribution is 7.54. The van der Waals surface area contributed by atoms with Crippen LogP contribution in [0.4, 0.5) is 0 Å². The van der Waals surface area contributed by atoms with E-state index in [-0.39, 0.29) is 5.78 Å². The van der Waals surface area contributed by atoms with E-state index in [0.29, 0.717) is 12.0 Å². The van der Waals surface area contributed by atoms with Crippen molar-refractivity contribution in [3.8, 4) is 0 Å². The van der Waals surface area contributed by atoms with Gasteiger partial charge in [0.1, 0.15) is 5.78 Å². The molecule has 1 saturated carbocycles. The molecule has 1 aliphatic carbocycles. The molecule has 0 amide bonds. The summed E-state index contributed by atoms with van der Waals surface area (Å²) in [6.45, 7) is 0. The summed E-state index contributed by atoms with van der Waals surface area (Å²) in [6, 6.07) is 0.530. The highest BCUT2D eigenvalue weighted by atomic mass is 31.2. The van der Waals surface area contributed by atoms with Gasteiger partial charge in [0, 0.05) is 20.3 Å². The zero-order valence-corrected chi connectivity index (χ0v) is 10.3. The van der Waals surface area contributed by atoms with Crippen LogP contribution in [0.15, 0.2) is 0 Å². The van der Waals surface area contributed by atoms with Crippen molar-refractivity contribution < 1.29 is 13.6 Å². The molecule has 1 saturated heterocycles. The summed E-state index contributed by atoms with van der Waals surface area (Å²) in [7, 11) is 0.0192. The Bertz CT molecular complexity index is 249. The van der Waals surface area contributed by atoms with Gasteiger partial charge in [-0.15, -0.1) is 0 Å². The molecule has 15 heavy (non-hydrogen) atoms. The lowest BCUT2D eigenvalue weighted by Gasteiger charge is -2.24. The van der Waals surface area contributed by atoms with Crippen molar-refractivity contribution in [1.29, 1.82) is 0 Å².